The van der Waals surface area contributed by atoms with Crippen LogP contribution in [-0.4, -0.2) is 82.1 Å². The van der Waals surface area contributed by atoms with Crippen molar-refractivity contribution in [2.24, 2.45) is 4.99 Å². The fraction of sp³-hybridized carbons (Fsp3) is 0.714. The molecule has 1 fully saturated rings. The van der Waals surface area contributed by atoms with Gasteiger partial charge in [-0.3, -0.25) is 4.79 Å². The summed E-state index contributed by atoms with van der Waals surface area (Å²) in [5.74, 6) is 0.365. The lowest BCUT2D eigenvalue weighted by atomic mass is 10.2. The Balaban J connectivity index is 2.64. The zero-order valence-electron chi connectivity index (χ0n) is 14.1. The average Bonchev–Trinajstić information content (AvgIpc) is 2.94. The fourth-order valence-corrected chi connectivity index (χ4v) is 3.48. The summed E-state index contributed by atoms with van der Waals surface area (Å²) in [6, 6.07) is -0.0923. The number of nitrogens with one attached hydrogen (secondary N) is 2. The number of hydrogen-bond acceptors (Lipinski definition) is 4. The van der Waals surface area contributed by atoms with Crippen LogP contribution in [0.3, 0.4) is 0 Å². The standard InChI is InChI=1S/C14H27N5O3S/c1-5-8-15-14(17-11-13(20)18(2)3)16-10-12-7-6-9-19(12)23(4,21)22/h5,12H,1,6-11H2,2-4H3,(H2,15,16,17)/t12-/m1/s1. The maximum absolute atomic E-state index is 11.7. The highest BCUT2D eigenvalue weighted by atomic mass is 32.2. The summed E-state index contributed by atoms with van der Waals surface area (Å²) in [6.45, 7) is 5.16. The molecule has 23 heavy (non-hydrogen) atoms. The molecule has 0 aromatic heterocycles. The minimum Gasteiger partial charge on any atom is -0.355 e. The van der Waals surface area contributed by atoms with E-state index in [0.717, 1.165) is 12.8 Å². The second kappa shape index (κ2) is 8.88. The average molecular weight is 345 g/mol. The Morgan fingerprint density at radius 3 is 2.70 bits per heavy atom. The highest BCUT2D eigenvalue weighted by Gasteiger charge is 2.31. The monoisotopic (exact) mass is 345 g/mol. The van der Waals surface area contributed by atoms with Crippen LogP contribution in [0.5, 0.6) is 0 Å². The van der Waals surface area contributed by atoms with Gasteiger partial charge in [0, 0.05) is 39.8 Å². The molecule has 0 aliphatic carbocycles. The topological polar surface area (TPSA) is 94.1 Å². The van der Waals surface area contributed by atoms with Gasteiger partial charge in [-0.2, -0.15) is 4.31 Å². The molecule has 1 saturated heterocycles. The summed E-state index contributed by atoms with van der Waals surface area (Å²) in [7, 11) is 0.145. The van der Waals surface area contributed by atoms with Crippen molar-refractivity contribution in [1.82, 2.24) is 19.8 Å². The maximum atomic E-state index is 11.7. The van der Waals surface area contributed by atoms with Crippen LogP contribution >= 0.6 is 0 Å². The third kappa shape index (κ3) is 6.57. The number of sulfonamides is 1. The second-order valence-electron chi connectivity index (χ2n) is 5.67. The van der Waals surface area contributed by atoms with Gasteiger partial charge in [0.1, 0.15) is 6.54 Å². The van der Waals surface area contributed by atoms with E-state index >= 15 is 0 Å². The zero-order chi connectivity index (χ0) is 17.5. The molecule has 0 saturated carbocycles. The predicted molar refractivity (Wildman–Crippen MR) is 91.8 cm³/mol. The molecule has 2 N–H and O–H groups in total. The van der Waals surface area contributed by atoms with E-state index in [-0.39, 0.29) is 18.5 Å². The van der Waals surface area contributed by atoms with Crippen molar-refractivity contribution in [3.05, 3.63) is 12.7 Å². The summed E-state index contributed by atoms with van der Waals surface area (Å²) in [5, 5.41) is 6.13. The van der Waals surface area contributed by atoms with E-state index in [1.807, 2.05) is 0 Å². The van der Waals surface area contributed by atoms with Crippen LogP contribution in [0.1, 0.15) is 12.8 Å². The van der Waals surface area contributed by atoms with Crippen molar-refractivity contribution < 1.29 is 13.2 Å². The first kappa shape index (κ1) is 19.4. The molecular formula is C14H27N5O3S. The third-order valence-corrected chi connectivity index (χ3v) is 4.87. The normalized spacial score (nSPS) is 19.4. The first-order valence-corrected chi connectivity index (χ1v) is 9.40. The molecule has 1 rings (SSSR count). The molecule has 1 atom stereocenters. The molecule has 0 aromatic rings. The number of guanidine groups is 1. The van der Waals surface area contributed by atoms with Crippen LogP contribution < -0.4 is 10.6 Å². The molecule has 8 nitrogen and oxygen atoms in total. The van der Waals surface area contributed by atoms with Crippen LogP contribution in [0.2, 0.25) is 0 Å². The SMILES string of the molecule is C=CCNC(=NCC(=O)N(C)C)NC[C@H]1CCCN1S(C)(=O)=O. The van der Waals surface area contributed by atoms with Gasteiger partial charge >= 0.3 is 0 Å². The Bertz CT molecular complexity index is 545. The molecule has 132 valence electrons. The van der Waals surface area contributed by atoms with Gasteiger partial charge in [0.15, 0.2) is 5.96 Å². The highest BCUT2D eigenvalue weighted by Crippen LogP contribution is 2.19. The summed E-state index contributed by atoms with van der Waals surface area (Å²) >= 11 is 0. The molecule has 0 bridgehead atoms. The van der Waals surface area contributed by atoms with E-state index < -0.39 is 10.0 Å². The van der Waals surface area contributed by atoms with E-state index in [2.05, 4.69) is 22.2 Å². The first-order chi connectivity index (χ1) is 10.8. The number of aliphatic imine (C=N–C) groups is 1. The minimum absolute atomic E-state index is 0.0277. The van der Waals surface area contributed by atoms with E-state index in [1.54, 1.807) is 20.2 Å². The lowest BCUT2D eigenvalue weighted by Crippen LogP contribution is -2.46. The Morgan fingerprint density at radius 1 is 1.43 bits per heavy atom. The van der Waals surface area contributed by atoms with Crippen molar-refractivity contribution in [3.8, 4) is 0 Å². The fourth-order valence-electron chi connectivity index (χ4n) is 2.30. The number of likely N-dealkylation sites (N-methyl/N-ethyl adjacent to an activating group) is 1. The predicted octanol–water partition coefficient (Wildman–Crippen LogP) is -0.780. The lowest BCUT2D eigenvalue weighted by molar-refractivity contribution is -0.127. The summed E-state index contributed by atoms with van der Waals surface area (Å²) in [5.41, 5.74) is 0. The van der Waals surface area contributed by atoms with Gasteiger partial charge in [0.05, 0.1) is 6.26 Å². The molecule has 0 radical (unpaired) electrons. The molecule has 0 spiro atoms. The minimum atomic E-state index is -3.20. The van der Waals surface area contributed by atoms with Gasteiger partial charge in [-0.15, -0.1) is 6.58 Å². The molecule has 9 heteroatoms. The smallest absolute Gasteiger partial charge is 0.243 e. The van der Waals surface area contributed by atoms with Crippen molar-refractivity contribution in [2.45, 2.75) is 18.9 Å². The number of carbonyl (C=O) groups excluding carboxylic acids is 1. The highest BCUT2D eigenvalue weighted by molar-refractivity contribution is 7.88. The van der Waals surface area contributed by atoms with Crippen molar-refractivity contribution in [2.75, 3.05) is 46.5 Å². The van der Waals surface area contributed by atoms with Gasteiger partial charge in [-0.1, -0.05) is 6.08 Å². The number of nitrogens with zero attached hydrogens (tertiary/aromatic N) is 3. The van der Waals surface area contributed by atoms with Gasteiger partial charge in [0.25, 0.3) is 0 Å². The Morgan fingerprint density at radius 2 is 2.13 bits per heavy atom. The molecule has 1 aliphatic rings. The van der Waals surface area contributed by atoms with Crippen molar-refractivity contribution in [1.29, 1.82) is 0 Å². The molecule has 0 aromatic carbocycles. The zero-order valence-corrected chi connectivity index (χ0v) is 14.9. The van der Waals surface area contributed by atoms with Crippen molar-refractivity contribution in [3.63, 3.8) is 0 Å². The van der Waals surface area contributed by atoms with Gasteiger partial charge in [-0.25, -0.2) is 13.4 Å². The van der Waals surface area contributed by atoms with E-state index in [0.29, 0.717) is 25.6 Å². The second-order valence-corrected chi connectivity index (χ2v) is 7.61. The number of amides is 1. The largest absolute Gasteiger partial charge is 0.355 e. The van der Waals surface area contributed by atoms with Crippen molar-refractivity contribution >= 4 is 21.9 Å². The number of rotatable bonds is 7. The van der Waals surface area contributed by atoms with Crippen LogP contribution in [-0.2, 0) is 14.8 Å². The molecule has 0 unspecified atom stereocenters. The van der Waals surface area contributed by atoms with Crippen LogP contribution in [0.4, 0.5) is 0 Å². The van der Waals surface area contributed by atoms with E-state index in [9.17, 15) is 13.2 Å². The summed E-state index contributed by atoms with van der Waals surface area (Å²) in [4.78, 5) is 17.3. The quantitative estimate of drug-likeness (QED) is 0.359. The Kier molecular flexibility index (Phi) is 7.50. The van der Waals surface area contributed by atoms with Gasteiger partial charge < -0.3 is 15.5 Å². The van der Waals surface area contributed by atoms with Crippen LogP contribution in [0.25, 0.3) is 0 Å². The van der Waals surface area contributed by atoms with Gasteiger partial charge in [0.2, 0.25) is 15.9 Å². The summed E-state index contributed by atoms with van der Waals surface area (Å²) in [6.07, 6.45) is 4.58. The third-order valence-electron chi connectivity index (χ3n) is 3.54. The first-order valence-electron chi connectivity index (χ1n) is 7.55. The number of carbonyl (C=O) groups is 1. The van der Waals surface area contributed by atoms with E-state index in [1.165, 1.54) is 15.5 Å². The summed E-state index contributed by atoms with van der Waals surface area (Å²) < 4.78 is 25.0. The Labute approximate surface area is 138 Å². The Hall–Kier alpha value is -1.61. The number of hydrogen-bond donors (Lipinski definition) is 2. The molecule has 1 heterocycles. The van der Waals surface area contributed by atoms with Crippen LogP contribution in [0, 0.1) is 0 Å². The molecular weight excluding hydrogens is 318 g/mol. The van der Waals surface area contributed by atoms with E-state index in [4.69, 9.17) is 0 Å². The maximum Gasteiger partial charge on any atom is 0.243 e. The van der Waals surface area contributed by atoms with Crippen LogP contribution in [0.15, 0.2) is 17.6 Å². The molecule has 1 amide bonds. The van der Waals surface area contributed by atoms with Gasteiger partial charge in [-0.05, 0) is 12.8 Å². The lowest BCUT2D eigenvalue weighted by Gasteiger charge is -2.23. The molecule has 1 aliphatic heterocycles.